The summed E-state index contributed by atoms with van der Waals surface area (Å²) in [5.41, 5.74) is 6.48. The van der Waals surface area contributed by atoms with Gasteiger partial charge in [0.05, 0.1) is 12.0 Å². The fourth-order valence-corrected chi connectivity index (χ4v) is 2.74. The highest BCUT2D eigenvalue weighted by atomic mass is 35.5. The number of ether oxygens (including phenoxy) is 1. The smallest absolute Gasteiger partial charge is 0.406 e. The van der Waals surface area contributed by atoms with Crippen LogP contribution in [0.5, 0.6) is 5.75 Å². The van der Waals surface area contributed by atoms with Crippen LogP contribution < -0.4 is 10.5 Å². The molecule has 1 fully saturated rings. The SMILES string of the molecule is Cl.NC1(c2noc(Cc3ccc(OC(F)(F)F)cc3)n2)CCCC1. The summed E-state index contributed by atoms with van der Waals surface area (Å²) in [5.74, 6) is 0.627. The first-order chi connectivity index (χ1) is 10.8. The normalized spacial score (nSPS) is 16.7. The Labute approximate surface area is 142 Å². The van der Waals surface area contributed by atoms with E-state index in [4.69, 9.17) is 10.3 Å². The number of benzene rings is 1. The number of rotatable bonds is 4. The summed E-state index contributed by atoms with van der Waals surface area (Å²) in [4.78, 5) is 4.33. The minimum absolute atomic E-state index is 0. The standard InChI is InChI=1S/C15H16F3N3O2.ClH/c16-15(17,18)22-11-5-3-10(4-6-11)9-12-20-13(21-23-12)14(19)7-1-2-8-14;/h3-6H,1-2,7-9,19H2;1H. The van der Waals surface area contributed by atoms with Crippen LogP contribution in [0.1, 0.15) is 43.0 Å². The van der Waals surface area contributed by atoms with Crippen molar-refractivity contribution in [3.8, 4) is 5.75 Å². The molecule has 2 aromatic rings. The van der Waals surface area contributed by atoms with Gasteiger partial charge in [-0.1, -0.05) is 30.1 Å². The highest BCUT2D eigenvalue weighted by molar-refractivity contribution is 5.85. The van der Waals surface area contributed by atoms with Crippen LogP contribution in [0.3, 0.4) is 0 Å². The van der Waals surface area contributed by atoms with Crippen molar-refractivity contribution in [2.45, 2.75) is 44.0 Å². The Morgan fingerprint density at radius 2 is 1.79 bits per heavy atom. The van der Waals surface area contributed by atoms with Crippen LogP contribution in [-0.2, 0) is 12.0 Å². The lowest BCUT2D eigenvalue weighted by Crippen LogP contribution is -2.34. The molecule has 1 saturated carbocycles. The van der Waals surface area contributed by atoms with E-state index in [1.165, 1.54) is 24.3 Å². The van der Waals surface area contributed by atoms with Gasteiger partial charge in [0.15, 0.2) is 5.82 Å². The number of halogens is 4. The summed E-state index contributed by atoms with van der Waals surface area (Å²) in [5, 5.41) is 3.95. The van der Waals surface area contributed by atoms with Gasteiger partial charge in [-0.2, -0.15) is 4.98 Å². The molecule has 0 bridgehead atoms. The van der Waals surface area contributed by atoms with E-state index in [1.807, 2.05) is 0 Å². The molecule has 132 valence electrons. The van der Waals surface area contributed by atoms with E-state index in [2.05, 4.69) is 14.9 Å². The molecule has 0 radical (unpaired) electrons. The molecule has 9 heteroatoms. The van der Waals surface area contributed by atoms with Gasteiger partial charge in [-0.15, -0.1) is 25.6 Å². The average molecular weight is 364 g/mol. The molecule has 0 unspecified atom stereocenters. The van der Waals surface area contributed by atoms with Gasteiger partial charge >= 0.3 is 6.36 Å². The van der Waals surface area contributed by atoms with Gasteiger partial charge in [0.25, 0.3) is 0 Å². The Morgan fingerprint density at radius 3 is 2.38 bits per heavy atom. The van der Waals surface area contributed by atoms with Crippen molar-refractivity contribution in [1.29, 1.82) is 0 Å². The maximum absolute atomic E-state index is 12.1. The topological polar surface area (TPSA) is 74.2 Å². The Hall–Kier alpha value is -1.80. The summed E-state index contributed by atoms with van der Waals surface area (Å²) in [7, 11) is 0. The molecule has 3 rings (SSSR count). The van der Waals surface area contributed by atoms with Crippen LogP contribution in [0.4, 0.5) is 13.2 Å². The third kappa shape index (κ3) is 4.39. The monoisotopic (exact) mass is 363 g/mol. The Bertz CT molecular complexity index is 667. The zero-order valence-electron chi connectivity index (χ0n) is 12.7. The summed E-state index contributed by atoms with van der Waals surface area (Å²) in [6.07, 6.45) is -0.623. The van der Waals surface area contributed by atoms with E-state index in [0.717, 1.165) is 31.2 Å². The zero-order valence-corrected chi connectivity index (χ0v) is 13.5. The van der Waals surface area contributed by atoms with Gasteiger partial charge in [-0.05, 0) is 30.5 Å². The molecule has 0 atom stereocenters. The van der Waals surface area contributed by atoms with Gasteiger partial charge < -0.3 is 15.0 Å². The van der Waals surface area contributed by atoms with Gasteiger partial charge in [-0.3, -0.25) is 0 Å². The number of hydrogen-bond acceptors (Lipinski definition) is 5. The summed E-state index contributed by atoms with van der Waals surface area (Å²) in [6.45, 7) is 0. The predicted molar refractivity (Wildman–Crippen MR) is 81.8 cm³/mol. The van der Waals surface area contributed by atoms with E-state index >= 15 is 0 Å². The lowest BCUT2D eigenvalue weighted by atomic mass is 9.99. The van der Waals surface area contributed by atoms with Crippen molar-refractivity contribution in [3.63, 3.8) is 0 Å². The number of nitrogens with two attached hydrogens (primary N) is 1. The summed E-state index contributed by atoms with van der Waals surface area (Å²) >= 11 is 0. The first kappa shape index (κ1) is 18.5. The summed E-state index contributed by atoms with van der Waals surface area (Å²) in [6, 6.07) is 5.56. The fraction of sp³-hybridized carbons (Fsp3) is 0.467. The van der Waals surface area contributed by atoms with Crippen molar-refractivity contribution in [1.82, 2.24) is 10.1 Å². The van der Waals surface area contributed by atoms with E-state index < -0.39 is 11.9 Å². The van der Waals surface area contributed by atoms with Gasteiger partial charge in [0.2, 0.25) is 5.89 Å². The Balaban J connectivity index is 0.00000208. The molecule has 1 heterocycles. The van der Waals surface area contributed by atoms with Crippen molar-refractivity contribution in [3.05, 3.63) is 41.5 Å². The Morgan fingerprint density at radius 1 is 1.17 bits per heavy atom. The molecule has 5 nitrogen and oxygen atoms in total. The highest BCUT2D eigenvalue weighted by Crippen LogP contribution is 2.34. The number of hydrogen-bond donors (Lipinski definition) is 1. The van der Waals surface area contributed by atoms with Crippen molar-refractivity contribution >= 4 is 12.4 Å². The van der Waals surface area contributed by atoms with Crippen LogP contribution in [-0.4, -0.2) is 16.5 Å². The Kier molecular flexibility index (Phi) is 5.39. The molecule has 0 aliphatic heterocycles. The molecule has 0 saturated heterocycles. The first-order valence-electron chi connectivity index (χ1n) is 7.31. The van der Waals surface area contributed by atoms with Gasteiger partial charge in [-0.25, -0.2) is 0 Å². The molecule has 0 amide bonds. The molecule has 1 aromatic heterocycles. The van der Waals surface area contributed by atoms with Crippen LogP contribution in [0.15, 0.2) is 28.8 Å². The highest BCUT2D eigenvalue weighted by Gasteiger charge is 2.36. The number of alkyl halides is 3. The lowest BCUT2D eigenvalue weighted by molar-refractivity contribution is -0.274. The van der Waals surface area contributed by atoms with Crippen LogP contribution >= 0.6 is 12.4 Å². The second kappa shape index (κ2) is 6.98. The molecule has 1 aliphatic rings. The van der Waals surface area contributed by atoms with Gasteiger partial charge in [0.1, 0.15) is 5.75 Å². The minimum Gasteiger partial charge on any atom is -0.406 e. The van der Waals surface area contributed by atoms with Crippen LogP contribution in [0.2, 0.25) is 0 Å². The number of nitrogens with zero attached hydrogens (tertiary/aromatic N) is 2. The predicted octanol–water partition coefficient (Wildman–Crippen LogP) is 3.71. The van der Waals surface area contributed by atoms with Crippen LogP contribution in [0, 0.1) is 0 Å². The molecule has 24 heavy (non-hydrogen) atoms. The average Bonchev–Trinajstić information content (AvgIpc) is 3.10. The second-order valence-corrected chi connectivity index (χ2v) is 5.74. The second-order valence-electron chi connectivity index (χ2n) is 5.74. The van der Waals surface area contributed by atoms with Crippen molar-refractivity contribution in [2.24, 2.45) is 5.73 Å². The van der Waals surface area contributed by atoms with Gasteiger partial charge in [0, 0.05) is 0 Å². The largest absolute Gasteiger partial charge is 0.573 e. The molecular formula is C15H17ClF3N3O2. The van der Waals surface area contributed by atoms with E-state index in [1.54, 1.807) is 0 Å². The lowest BCUT2D eigenvalue weighted by Gasteiger charge is -2.17. The number of aromatic nitrogens is 2. The quantitative estimate of drug-likeness (QED) is 0.896. The fourth-order valence-electron chi connectivity index (χ4n) is 2.74. The maximum Gasteiger partial charge on any atom is 0.573 e. The van der Waals surface area contributed by atoms with E-state index in [9.17, 15) is 13.2 Å². The molecule has 1 aliphatic carbocycles. The first-order valence-corrected chi connectivity index (χ1v) is 7.31. The third-order valence-electron chi connectivity index (χ3n) is 3.92. The molecular weight excluding hydrogens is 347 g/mol. The molecule has 0 spiro atoms. The van der Waals surface area contributed by atoms with Crippen LogP contribution in [0.25, 0.3) is 0 Å². The summed E-state index contributed by atoms with van der Waals surface area (Å²) < 4.78 is 45.4. The zero-order chi connectivity index (χ0) is 16.5. The third-order valence-corrected chi connectivity index (χ3v) is 3.92. The molecule has 2 N–H and O–H groups in total. The van der Waals surface area contributed by atoms with E-state index in [0.29, 0.717) is 18.1 Å². The van der Waals surface area contributed by atoms with Crippen molar-refractivity contribution in [2.75, 3.05) is 0 Å². The van der Waals surface area contributed by atoms with E-state index in [-0.39, 0.29) is 18.2 Å². The molecule has 1 aromatic carbocycles. The minimum atomic E-state index is -4.69. The van der Waals surface area contributed by atoms with Crippen molar-refractivity contribution < 1.29 is 22.4 Å². The maximum atomic E-state index is 12.1.